The van der Waals surface area contributed by atoms with E-state index in [0.29, 0.717) is 19.4 Å². The predicted octanol–water partition coefficient (Wildman–Crippen LogP) is 4.00. The first-order valence-corrected chi connectivity index (χ1v) is 13.5. The number of aryl methyl sites for hydroxylation is 2. The van der Waals surface area contributed by atoms with Crippen LogP contribution in [0.2, 0.25) is 0 Å². The number of rotatable bonds is 7. The number of halogens is 1. The summed E-state index contributed by atoms with van der Waals surface area (Å²) in [6.07, 6.45) is 7.29. The molecule has 5 rings (SSSR count). The number of aldehydes is 1. The standard InChI is InChI=1S/C26H28FN5O3S/c1-3-10-30-17-23(16-28-30)36(34,35)31-11-8-26(18-33,9-12-31)24-14-20-15-29-32(25(20)13-19(24)2)22-6-4-21(27)5-7-22/h4-7,13-18H,3,8-12H2,1-2H3. The van der Waals surface area contributed by atoms with Crippen molar-refractivity contribution in [2.75, 3.05) is 13.1 Å². The van der Waals surface area contributed by atoms with Crippen LogP contribution in [0.15, 0.2) is 59.9 Å². The van der Waals surface area contributed by atoms with E-state index in [1.54, 1.807) is 33.9 Å². The summed E-state index contributed by atoms with van der Waals surface area (Å²) in [7, 11) is -3.68. The molecule has 8 nitrogen and oxygen atoms in total. The number of nitrogens with zero attached hydrogens (tertiary/aromatic N) is 5. The molecule has 0 radical (unpaired) electrons. The lowest BCUT2D eigenvalue weighted by Crippen LogP contribution is -2.46. The molecular formula is C26H28FN5O3S. The van der Waals surface area contributed by atoms with Crippen LogP contribution in [0.4, 0.5) is 4.39 Å². The average Bonchev–Trinajstić information content (AvgIpc) is 3.52. The fraction of sp³-hybridized carbons (Fsp3) is 0.346. The molecule has 1 fully saturated rings. The van der Waals surface area contributed by atoms with Crippen LogP contribution >= 0.6 is 0 Å². The molecule has 0 amide bonds. The third-order valence-corrected chi connectivity index (χ3v) is 8.91. The van der Waals surface area contributed by atoms with Crippen molar-refractivity contribution in [2.24, 2.45) is 0 Å². The zero-order valence-electron chi connectivity index (χ0n) is 20.3. The van der Waals surface area contributed by atoms with Gasteiger partial charge in [-0.3, -0.25) is 4.68 Å². The SMILES string of the molecule is CCCn1cc(S(=O)(=O)N2CCC(C=O)(c3cc4cnn(-c5ccc(F)cc5)c4cc3C)CC2)cn1. The van der Waals surface area contributed by atoms with Crippen LogP contribution in [0, 0.1) is 12.7 Å². The van der Waals surface area contributed by atoms with Crippen molar-refractivity contribution in [3.8, 4) is 5.69 Å². The molecule has 0 bridgehead atoms. The number of fused-ring (bicyclic) bond motifs is 1. The van der Waals surface area contributed by atoms with Crippen LogP contribution in [0.25, 0.3) is 16.6 Å². The summed E-state index contributed by atoms with van der Waals surface area (Å²) in [5, 5.41) is 9.49. The number of piperidine rings is 1. The molecule has 0 saturated carbocycles. The van der Waals surface area contributed by atoms with Gasteiger partial charge in [-0.2, -0.15) is 14.5 Å². The highest BCUT2D eigenvalue weighted by atomic mass is 32.2. The van der Waals surface area contributed by atoms with Crippen molar-refractivity contribution in [1.82, 2.24) is 23.9 Å². The first-order valence-electron chi connectivity index (χ1n) is 12.0. The third-order valence-electron chi connectivity index (χ3n) is 7.06. The average molecular weight is 510 g/mol. The second-order valence-electron chi connectivity index (χ2n) is 9.38. The molecule has 0 unspecified atom stereocenters. The maximum Gasteiger partial charge on any atom is 0.246 e. The maximum absolute atomic E-state index is 13.4. The lowest BCUT2D eigenvalue weighted by Gasteiger charge is -2.38. The number of carbonyl (C=O) groups is 1. The van der Waals surface area contributed by atoms with E-state index in [0.717, 1.165) is 40.4 Å². The summed E-state index contributed by atoms with van der Waals surface area (Å²) in [5.41, 5.74) is 2.62. The van der Waals surface area contributed by atoms with Crippen LogP contribution in [0.5, 0.6) is 0 Å². The maximum atomic E-state index is 13.4. The summed E-state index contributed by atoms with van der Waals surface area (Å²) in [6.45, 7) is 5.10. The highest BCUT2D eigenvalue weighted by Gasteiger charge is 2.41. The van der Waals surface area contributed by atoms with Gasteiger partial charge in [-0.1, -0.05) is 6.92 Å². The number of hydrogen-bond donors (Lipinski definition) is 0. The fourth-order valence-corrected chi connectivity index (χ4v) is 6.45. The molecule has 0 atom stereocenters. The number of sulfonamides is 1. The first kappa shape index (κ1) is 24.3. The molecule has 188 valence electrons. The normalized spacial score (nSPS) is 16.4. The molecule has 3 heterocycles. The molecule has 2 aromatic heterocycles. The summed E-state index contributed by atoms with van der Waals surface area (Å²) >= 11 is 0. The van der Waals surface area contributed by atoms with Crippen molar-refractivity contribution >= 4 is 27.2 Å². The van der Waals surface area contributed by atoms with Crippen molar-refractivity contribution in [3.05, 3.63) is 71.9 Å². The Morgan fingerprint density at radius 1 is 1.08 bits per heavy atom. The predicted molar refractivity (Wildman–Crippen MR) is 134 cm³/mol. The smallest absolute Gasteiger partial charge is 0.246 e. The third kappa shape index (κ3) is 4.14. The lowest BCUT2D eigenvalue weighted by atomic mass is 9.72. The van der Waals surface area contributed by atoms with Gasteiger partial charge in [-0.15, -0.1) is 0 Å². The van der Waals surface area contributed by atoms with Crippen LogP contribution in [-0.2, 0) is 26.8 Å². The Bertz CT molecular complexity index is 1520. The molecule has 0 aliphatic carbocycles. The Labute approximate surface area is 209 Å². The molecule has 1 aliphatic heterocycles. The van der Waals surface area contributed by atoms with Gasteiger partial charge < -0.3 is 4.79 Å². The zero-order chi connectivity index (χ0) is 25.5. The van der Waals surface area contributed by atoms with E-state index < -0.39 is 15.4 Å². The molecule has 2 aromatic carbocycles. The van der Waals surface area contributed by atoms with Crippen molar-refractivity contribution < 1.29 is 17.6 Å². The zero-order valence-corrected chi connectivity index (χ0v) is 21.1. The molecule has 0 N–H and O–H groups in total. The Morgan fingerprint density at radius 2 is 1.81 bits per heavy atom. The van der Waals surface area contributed by atoms with Crippen molar-refractivity contribution in [3.63, 3.8) is 0 Å². The second kappa shape index (κ2) is 9.25. The van der Waals surface area contributed by atoms with Gasteiger partial charge in [0, 0.05) is 31.2 Å². The van der Waals surface area contributed by atoms with Gasteiger partial charge in [-0.05, 0) is 73.7 Å². The Balaban J connectivity index is 1.42. The summed E-state index contributed by atoms with van der Waals surface area (Å²) in [4.78, 5) is 12.7. The van der Waals surface area contributed by atoms with E-state index in [1.165, 1.54) is 22.6 Å². The van der Waals surface area contributed by atoms with E-state index in [4.69, 9.17) is 0 Å². The number of carbonyl (C=O) groups excluding carboxylic acids is 1. The Morgan fingerprint density at radius 3 is 2.47 bits per heavy atom. The summed E-state index contributed by atoms with van der Waals surface area (Å²) in [5.74, 6) is -0.315. The first-order chi connectivity index (χ1) is 17.3. The second-order valence-corrected chi connectivity index (χ2v) is 11.3. The highest BCUT2D eigenvalue weighted by Crippen LogP contribution is 2.39. The molecule has 36 heavy (non-hydrogen) atoms. The number of hydrogen-bond acceptors (Lipinski definition) is 5. The summed E-state index contributed by atoms with van der Waals surface area (Å²) < 4.78 is 44.6. The van der Waals surface area contributed by atoms with E-state index in [1.807, 2.05) is 26.0 Å². The van der Waals surface area contributed by atoms with E-state index in [9.17, 15) is 17.6 Å². The topological polar surface area (TPSA) is 90.1 Å². The van der Waals surface area contributed by atoms with Crippen molar-refractivity contribution in [2.45, 2.75) is 50.0 Å². The van der Waals surface area contributed by atoms with Gasteiger partial charge in [0.25, 0.3) is 0 Å². The van der Waals surface area contributed by atoms with Gasteiger partial charge in [0.15, 0.2) is 0 Å². The Kier molecular flexibility index (Phi) is 6.25. The minimum absolute atomic E-state index is 0.181. The van der Waals surface area contributed by atoms with E-state index >= 15 is 0 Å². The summed E-state index contributed by atoms with van der Waals surface area (Å²) in [6, 6.07) is 10.1. The molecule has 1 saturated heterocycles. The van der Waals surface area contributed by atoms with Gasteiger partial charge in [-0.25, -0.2) is 17.5 Å². The van der Waals surface area contributed by atoms with Gasteiger partial charge in [0.1, 0.15) is 17.0 Å². The largest absolute Gasteiger partial charge is 0.302 e. The van der Waals surface area contributed by atoms with E-state index in [-0.39, 0.29) is 23.8 Å². The van der Waals surface area contributed by atoms with Gasteiger partial charge in [0.2, 0.25) is 10.0 Å². The molecule has 10 heteroatoms. The minimum atomic E-state index is -3.68. The monoisotopic (exact) mass is 509 g/mol. The quantitative estimate of drug-likeness (QED) is 0.351. The van der Waals surface area contributed by atoms with Crippen LogP contribution < -0.4 is 0 Å². The molecule has 4 aromatic rings. The molecular weight excluding hydrogens is 481 g/mol. The van der Waals surface area contributed by atoms with Crippen LogP contribution in [0.1, 0.15) is 37.3 Å². The number of aromatic nitrogens is 4. The minimum Gasteiger partial charge on any atom is -0.302 e. The van der Waals surface area contributed by atoms with Crippen LogP contribution in [0.3, 0.4) is 0 Å². The van der Waals surface area contributed by atoms with Crippen molar-refractivity contribution in [1.29, 1.82) is 0 Å². The highest BCUT2D eigenvalue weighted by molar-refractivity contribution is 7.89. The number of benzene rings is 2. The van der Waals surface area contributed by atoms with Crippen LogP contribution in [-0.4, -0.2) is 51.7 Å². The molecule has 1 aliphatic rings. The lowest BCUT2D eigenvalue weighted by molar-refractivity contribution is -0.113. The van der Waals surface area contributed by atoms with E-state index in [2.05, 4.69) is 10.2 Å². The van der Waals surface area contributed by atoms with Gasteiger partial charge >= 0.3 is 0 Å². The Hall–Kier alpha value is -3.37. The van der Waals surface area contributed by atoms with Gasteiger partial charge in [0.05, 0.1) is 29.0 Å². The fourth-order valence-electron chi connectivity index (χ4n) is 5.06. The molecule has 0 spiro atoms.